The number of rotatable bonds is 6. The SMILES string of the molecule is O=C(CCc1ccc(OC(F)(F)F)cc1)c1ccc(-c2c3cc(Cl)c(=O)cc-3oc3cc(O)c(Cl)cc23)cc1. The van der Waals surface area contributed by atoms with Crippen molar-refractivity contribution >= 4 is 40.0 Å². The lowest BCUT2D eigenvalue weighted by Crippen LogP contribution is -2.17. The van der Waals surface area contributed by atoms with E-state index in [1.54, 1.807) is 30.3 Å². The second kappa shape index (κ2) is 10.3. The summed E-state index contributed by atoms with van der Waals surface area (Å²) in [7, 11) is 0. The molecular weight excluding hydrogens is 556 g/mol. The molecule has 5 nitrogen and oxygen atoms in total. The smallest absolute Gasteiger partial charge is 0.506 e. The number of phenols is 1. The molecular formula is C29H17Cl2F3O5. The molecule has 5 rings (SSSR count). The number of ketones is 1. The van der Waals surface area contributed by atoms with Gasteiger partial charge in [0.25, 0.3) is 0 Å². The summed E-state index contributed by atoms with van der Waals surface area (Å²) in [5, 5.41) is 10.8. The Balaban J connectivity index is 1.42. The first-order valence-electron chi connectivity index (χ1n) is 11.6. The number of hydrogen-bond donors (Lipinski definition) is 1. The number of Topliss-reactive ketones (excluding diaryl/α,β-unsaturated/α-hetero) is 1. The van der Waals surface area contributed by atoms with E-state index in [9.17, 15) is 27.9 Å². The Morgan fingerprint density at radius 1 is 0.923 bits per heavy atom. The largest absolute Gasteiger partial charge is 0.573 e. The van der Waals surface area contributed by atoms with Crippen LogP contribution in [0, 0.1) is 0 Å². The quantitative estimate of drug-likeness (QED) is 0.163. The maximum Gasteiger partial charge on any atom is 0.573 e. The minimum absolute atomic E-state index is 0.00738. The first kappa shape index (κ1) is 26.6. The fourth-order valence-corrected chi connectivity index (χ4v) is 4.62. The molecule has 3 aromatic carbocycles. The van der Waals surface area contributed by atoms with Crippen molar-refractivity contribution in [1.29, 1.82) is 0 Å². The number of aryl methyl sites for hydroxylation is 1. The third kappa shape index (κ3) is 5.72. The van der Waals surface area contributed by atoms with Crippen LogP contribution < -0.4 is 10.2 Å². The standard InChI is InChI=1S/C29H17Cl2F3O5/c30-21-11-19-26(13-24(21)36)38-27-14-25(37)22(31)12-20(27)28(19)17-6-4-16(5-7-17)23(35)10-3-15-1-8-18(9-2-15)39-29(32,33)34/h1-2,4-9,11-14,36H,3,10H2. The number of aromatic hydroxyl groups is 1. The monoisotopic (exact) mass is 572 g/mol. The molecule has 0 amide bonds. The Morgan fingerprint density at radius 2 is 1.62 bits per heavy atom. The average Bonchev–Trinajstić information content (AvgIpc) is 2.88. The summed E-state index contributed by atoms with van der Waals surface area (Å²) in [4.78, 5) is 25.0. The van der Waals surface area contributed by atoms with Gasteiger partial charge in [0.05, 0.1) is 10.0 Å². The van der Waals surface area contributed by atoms with E-state index < -0.39 is 11.8 Å². The van der Waals surface area contributed by atoms with Gasteiger partial charge in [0.1, 0.15) is 22.8 Å². The van der Waals surface area contributed by atoms with Crippen molar-refractivity contribution in [3.63, 3.8) is 0 Å². The number of phenolic OH excluding ortho intramolecular Hbond substituents is 1. The molecule has 0 unspecified atom stereocenters. The van der Waals surface area contributed by atoms with Gasteiger partial charge >= 0.3 is 6.36 Å². The molecule has 2 aliphatic rings. The predicted octanol–water partition coefficient (Wildman–Crippen LogP) is 8.29. The maximum atomic E-state index is 12.8. The zero-order valence-electron chi connectivity index (χ0n) is 19.8. The Kier molecular flexibility index (Phi) is 7.01. The fourth-order valence-electron chi connectivity index (χ4n) is 4.29. The van der Waals surface area contributed by atoms with Gasteiger partial charge in [0.2, 0.25) is 5.43 Å². The van der Waals surface area contributed by atoms with Crippen molar-refractivity contribution in [2.45, 2.75) is 19.2 Å². The number of halogens is 5. The van der Waals surface area contributed by atoms with Crippen LogP contribution in [0.1, 0.15) is 22.3 Å². The van der Waals surface area contributed by atoms with Crippen LogP contribution in [-0.4, -0.2) is 17.3 Å². The van der Waals surface area contributed by atoms with E-state index in [-0.39, 0.29) is 39.5 Å². The van der Waals surface area contributed by atoms with Crippen molar-refractivity contribution in [1.82, 2.24) is 0 Å². The molecule has 1 heterocycles. The molecule has 39 heavy (non-hydrogen) atoms. The molecule has 0 aromatic heterocycles. The lowest BCUT2D eigenvalue weighted by Gasteiger charge is -2.16. The van der Waals surface area contributed by atoms with E-state index in [0.29, 0.717) is 45.2 Å². The van der Waals surface area contributed by atoms with Crippen LogP contribution >= 0.6 is 23.2 Å². The zero-order valence-corrected chi connectivity index (χ0v) is 21.3. The van der Waals surface area contributed by atoms with Crippen molar-refractivity contribution in [3.05, 3.63) is 104 Å². The predicted molar refractivity (Wildman–Crippen MR) is 142 cm³/mol. The van der Waals surface area contributed by atoms with Gasteiger partial charge in [-0.15, -0.1) is 13.2 Å². The summed E-state index contributed by atoms with van der Waals surface area (Å²) >= 11 is 12.3. The van der Waals surface area contributed by atoms with Crippen LogP contribution in [0.5, 0.6) is 11.5 Å². The number of alkyl halides is 3. The molecule has 0 saturated carbocycles. The number of carbonyl (C=O) groups excluding carboxylic acids is 1. The van der Waals surface area contributed by atoms with E-state index in [2.05, 4.69) is 4.74 Å². The molecule has 0 fully saturated rings. The molecule has 0 spiro atoms. The molecule has 0 bridgehead atoms. The summed E-state index contributed by atoms with van der Waals surface area (Å²) in [6, 6.07) is 17.9. The zero-order chi connectivity index (χ0) is 27.9. The molecule has 10 heteroatoms. The number of carbonyl (C=O) groups is 1. The van der Waals surface area contributed by atoms with Gasteiger partial charge in [-0.05, 0) is 41.8 Å². The van der Waals surface area contributed by atoms with E-state index >= 15 is 0 Å². The summed E-state index contributed by atoms with van der Waals surface area (Å²) in [5.74, 6) is -0.397. The Labute approximate surface area is 229 Å². The number of fused-ring (bicyclic) bond motifs is 2. The molecule has 0 saturated heterocycles. The Morgan fingerprint density at radius 3 is 2.28 bits per heavy atom. The van der Waals surface area contributed by atoms with E-state index in [1.807, 2.05) is 0 Å². The minimum atomic E-state index is -4.77. The van der Waals surface area contributed by atoms with Crippen LogP contribution in [-0.2, 0) is 6.42 Å². The molecule has 1 aliphatic heterocycles. The lowest BCUT2D eigenvalue weighted by atomic mass is 9.92. The number of ether oxygens (including phenoxy) is 1. The van der Waals surface area contributed by atoms with Crippen molar-refractivity contribution in [2.24, 2.45) is 0 Å². The summed E-state index contributed by atoms with van der Waals surface area (Å²) in [5.41, 5.74) is 2.90. The van der Waals surface area contributed by atoms with Crippen LogP contribution in [0.4, 0.5) is 13.2 Å². The Hall–Kier alpha value is -4.01. The van der Waals surface area contributed by atoms with Gasteiger partial charge in [-0.2, -0.15) is 0 Å². The van der Waals surface area contributed by atoms with Crippen LogP contribution in [0.15, 0.2) is 82.0 Å². The van der Waals surface area contributed by atoms with Gasteiger partial charge in [0, 0.05) is 40.6 Å². The van der Waals surface area contributed by atoms with Crippen molar-refractivity contribution in [2.75, 3.05) is 0 Å². The van der Waals surface area contributed by atoms with Crippen LogP contribution in [0.25, 0.3) is 33.4 Å². The summed E-state index contributed by atoms with van der Waals surface area (Å²) in [6.45, 7) is 0. The molecule has 198 valence electrons. The topological polar surface area (TPSA) is 76.7 Å². The molecule has 1 aliphatic carbocycles. The second-order valence-electron chi connectivity index (χ2n) is 8.75. The molecule has 0 radical (unpaired) electrons. The molecule has 0 atom stereocenters. The van der Waals surface area contributed by atoms with Crippen LogP contribution in [0.2, 0.25) is 10.0 Å². The summed E-state index contributed by atoms with van der Waals surface area (Å²) in [6.07, 6.45) is -4.29. The number of hydrogen-bond acceptors (Lipinski definition) is 5. The van der Waals surface area contributed by atoms with Gasteiger partial charge in [0.15, 0.2) is 5.78 Å². The second-order valence-corrected chi connectivity index (χ2v) is 9.56. The van der Waals surface area contributed by atoms with Gasteiger partial charge in [-0.3, -0.25) is 9.59 Å². The molecule has 3 aromatic rings. The van der Waals surface area contributed by atoms with Gasteiger partial charge < -0.3 is 14.3 Å². The van der Waals surface area contributed by atoms with Crippen molar-refractivity contribution < 1.29 is 32.2 Å². The van der Waals surface area contributed by atoms with Gasteiger partial charge in [-0.1, -0.05) is 59.6 Å². The third-order valence-corrected chi connectivity index (χ3v) is 6.73. The van der Waals surface area contributed by atoms with Crippen LogP contribution in [0.3, 0.4) is 0 Å². The van der Waals surface area contributed by atoms with Gasteiger partial charge in [-0.25, -0.2) is 0 Å². The summed E-state index contributed by atoms with van der Waals surface area (Å²) < 4.78 is 46.7. The Bertz CT molecular complexity index is 1730. The van der Waals surface area contributed by atoms with E-state index in [0.717, 1.165) is 0 Å². The molecule has 1 N–H and O–H groups in total. The fraction of sp³-hybridized carbons (Fsp3) is 0.103. The normalized spacial score (nSPS) is 11.7. The highest BCUT2D eigenvalue weighted by Gasteiger charge is 2.31. The van der Waals surface area contributed by atoms with E-state index in [4.69, 9.17) is 27.6 Å². The average molecular weight is 573 g/mol. The van der Waals surface area contributed by atoms with E-state index in [1.165, 1.54) is 42.5 Å². The lowest BCUT2D eigenvalue weighted by molar-refractivity contribution is -0.274. The maximum absolute atomic E-state index is 12.8. The van der Waals surface area contributed by atoms with Crippen molar-refractivity contribution in [3.8, 4) is 33.9 Å². The third-order valence-electron chi connectivity index (χ3n) is 6.13. The highest BCUT2D eigenvalue weighted by Crippen LogP contribution is 2.43. The first-order valence-corrected chi connectivity index (χ1v) is 12.3. The first-order chi connectivity index (χ1) is 18.5. The highest BCUT2D eigenvalue weighted by atomic mass is 35.5. The highest BCUT2D eigenvalue weighted by molar-refractivity contribution is 6.33. The minimum Gasteiger partial charge on any atom is -0.506 e. The number of benzene rings is 4.